The van der Waals surface area contributed by atoms with Crippen molar-refractivity contribution in [3.63, 3.8) is 0 Å². The van der Waals surface area contributed by atoms with Gasteiger partial charge >= 0.3 is 0 Å². The molecule has 0 saturated carbocycles. The molecular weight excluding hydrogens is 354 g/mol. The first-order valence-corrected chi connectivity index (χ1v) is 9.18. The van der Waals surface area contributed by atoms with E-state index >= 15 is 0 Å². The minimum absolute atomic E-state index is 0.0557. The summed E-state index contributed by atoms with van der Waals surface area (Å²) in [6.45, 7) is 2.26. The van der Waals surface area contributed by atoms with Crippen LogP contribution in [0.5, 0.6) is 0 Å². The summed E-state index contributed by atoms with van der Waals surface area (Å²) in [6.07, 6.45) is 4.69. The summed E-state index contributed by atoms with van der Waals surface area (Å²) in [6, 6.07) is 14.6. The Labute approximate surface area is 164 Å². The van der Waals surface area contributed by atoms with E-state index in [-0.39, 0.29) is 17.7 Å². The average Bonchev–Trinajstić information content (AvgIpc) is 3.12. The standard InChI is InChI=1S/C22H23N3O3/c1-16(26)24(2)19-12-8-18(9-13-19)23-21(27)14-7-17-5-10-20(11-6-17)25-15-3-4-22(25)28/h5-14H,3-4,15H2,1-2H3,(H,23,27)/b14-7+. The molecule has 0 aliphatic carbocycles. The maximum atomic E-state index is 12.1. The second-order valence-corrected chi connectivity index (χ2v) is 6.69. The molecular formula is C22H23N3O3. The van der Waals surface area contributed by atoms with Gasteiger partial charge in [0.05, 0.1) is 0 Å². The molecule has 0 radical (unpaired) electrons. The van der Waals surface area contributed by atoms with E-state index in [0.29, 0.717) is 12.1 Å². The third kappa shape index (κ3) is 4.65. The van der Waals surface area contributed by atoms with Crippen molar-refractivity contribution in [1.82, 2.24) is 0 Å². The zero-order valence-corrected chi connectivity index (χ0v) is 16.0. The minimum atomic E-state index is -0.244. The molecule has 0 spiro atoms. The largest absolute Gasteiger partial charge is 0.323 e. The van der Waals surface area contributed by atoms with E-state index in [1.165, 1.54) is 17.9 Å². The maximum Gasteiger partial charge on any atom is 0.248 e. The van der Waals surface area contributed by atoms with Gasteiger partial charge in [0.15, 0.2) is 0 Å². The van der Waals surface area contributed by atoms with Crippen molar-refractivity contribution in [3.05, 3.63) is 60.2 Å². The molecule has 6 nitrogen and oxygen atoms in total. The minimum Gasteiger partial charge on any atom is -0.323 e. The zero-order valence-electron chi connectivity index (χ0n) is 16.0. The highest BCUT2D eigenvalue weighted by Crippen LogP contribution is 2.22. The van der Waals surface area contributed by atoms with Crippen LogP contribution in [0.3, 0.4) is 0 Å². The number of nitrogens with zero attached hydrogens (tertiary/aromatic N) is 2. The van der Waals surface area contributed by atoms with E-state index in [0.717, 1.165) is 29.9 Å². The molecule has 0 atom stereocenters. The number of carbonyl (C=O) groups excluding carboxylic acids is 3. The summed E-state index contributed by atoms with van der Waals surface area (Å²) >= 11 is 0. The number of rotatable bonds is 5. The van der Waals surface area contributed by atoms with E-state index in [4.69, 9.17) is 0 Å². The Morgan fingerprint density at radius 2 is 1.75 bits per heavy atom. The number of carbonyl (C=O) groups is 3. The van der Waals surface area contributed by atoms with Crippen LogP contribution in [0.2, 0.25) is 0 Å². The van der Waals surface area contributed by atoms with Crippen LogP contribution in [-0.2, 0) is 14.4 Å². The second-order valence-electron chi connectivity index (χ2n) is 6.69. The molecule has 28 heavy (non-hydrogen) atoms. The fourth-order valence-electron chi connectivity index (χ4n) is 2.99. The van der Waals surface area contributed by atoms with Crippen molar-refractivity contribution in [2.24, 2.45) is 0 Å². The Balaban J connectivity index is 1.57. The summed E-state index contributed by atoms with van der Waals surface area (Å²) in [7, 11) is 1.70. The molecule has 0 aromatic heterocycles. The number of hydrogen-bond acceptors (Lipinski definition) is 3. The smallest absolute Gasteiger partial charge is 0.248 e. The lowest BCUT2D eigenvalue weighted by molar-refractivity contribution is -0.117. The van der Waals surface area contributed by atoms with Gasteiger partial charge in [-0.05, 0) is 54.5 Å². The Morgan fingerprint density at radius 1 is 1.07 bits per heavy atom. The van der Waals surface area contributed by atoms with Gasteiger partial charge in [0.1, 0.15) is 0 Å². The van der Waals surface area contributed by atoms with E-state index in [1.807, 2.05) is 24.3 Å². The van der Waals surface area contributed by atoms with Gasteiger partial charge in [-0.1, -0.05) is 12.1 Å². The third-order valence-electron chi connectivity index (χ3n) is 4.70. The van der Waals surface area contributed by atoms with Gasteiger partial charge in [-0.25, -0.2) is 0 Å². The highest BCUT2D eigenvalue weighted by molar-refractivity contribution is 6.02. The van der Waals surface area contributed by atoms with Gasteiger partial charge in [0.2, 0.25) is 17.7 Å². The number of anilines is 3. The molecule has 1 fully saturated rings. The number of benzene rings is 2. The van der Waals surface area contributed by atoms with Gasteiger partial charge in [-0.3, -0.25) is 14.4 Å². The Morgan fingerprint density at radius 3 is 2.32 bits per heavy atom. The van der Waals surface area contributed by atoms with Crippen LogP contribution >= 0.6 is 0 Å². The number of nitrogens with one attached hydrogen (secondary N) is 1. The van der Waals surface area contributed by atoms with Gasteiger partial charge in [0.25, 0.3) is 0 Å². The van der Waals surface area contributed by atoms with Crippen molar-refractivity contribution >= 4 is 40.9 Å². The average molecular weight is 377 g/mol. The van der Waals surface area contributed by atoms with E-state index in [2.05, 4.69) is 5.32 Å². The molecule has 0 unspecified atom stereocenters. The van der Waals surface area contributed by atoms with Crippen molar-refractivity contribution in [2.45, 2.75) is 19.8 Å². The van der Waals surface area contributed by atoms with Crippen LogP contribution in [0.15, 0.2) is 54.6 Å². The Kier molecular flexibility index (Phi) is 5.89. The lowest BCUT2D eigenvalue weighted by atomic mass is 10.2. The van der Waals surface area contributed by atoms with Gasteiger partial charge in [0, 0.05) is 50.1 Å². The fourth-order valence-corrected chi connectivity index (χ4v) is 2.99. The molecule has 0 bridgehead atoms. The first-order chi connectivity index (χ1) is 13.4. The second kappa shape index (κ2) is 8.52. The number of hydrogen-bond donors (Lipinski definition) is 1. The summed E-state index contributed by atoms with van der Waals surface area (Å²) < 4.78 is 0. The summed E-state index contributed by atoms with van der Waals surface area (Å²) in [5, 5.41) is 2.79. The third-order valence-corrected chi connectivity index (χ3v) is 4.70. The van der Waals surface area contributed by atoms with E-state index in [1.54, 1.807) is 42.3 Å². The monoisotopic (exact) mass is 377 g/mol. The molecule has 1 heterocycles. The zero-order chi connectivity index (χ0) is 20.1. The van der Waals surface area contributed by atoms with Crippen molar-refractivity contribution in [3.8, 4) is 0 Å². The molecule has 2 aromatic rings. The van der Waals surface area contributed by atoms with E-state index < -0.39 is 0 Å². The van der Waals surface area contributed by atoms with Crippen molar-refractivity contribution in [2.75, 3.05) is 28.7 Å². The molecule has 144 valence electrons. The predicted molar refractivity (Wildman–Crippen MR) is 111 cm³/mol. The molecule has 1 aliphatic rings. The quantitative estimate of drug-likeness (QED) is 0.812. The molecule has 3 amide bonds. The highest BCUT2D eigenvalue weighted by Gasteiger charge is 2.21. The summed E-state index contributed by atoms with van der Waals surface area (Å²) in [5.41, 5.74) is 3.18. The first kappa shape index (κ1) is 19.4. The molecule has 1 aliphatic heterocycles. The maximum absolute atomic E-state index is 12.1. The van der Waals surface area contributed by atoms with Gasteiger partial charge in [-0.2, -0.15) is 0 Å². The topological polar surface area (TPSA) is 69.7 Å². The number of amides is 3. The van der Waals surface area contributed by atoms with Crippen LogP contribution in [-0.4, -0.2) is 31.3 Å². The van der Waals surface area contributed by atoms with Crippen LogP contribution in [0.4, 0.5) is 17.1 Å². The van der Waals surface area contributed by atoms with Gasteiger partial charge < -0.3 is 15.1 Å². The highest BCUT2D eigenvalue weighted by atomic mass is 16.2. The van der Waals surface area contributed by atoms with Crippen molar-refractivity contribution < 1.29 is 14.4 Å². The lowest BCUT2D eigenvalue weighted by Crippen LogP contribution is -2.23. The first-order valence-electron chi connectivity index (χ1n) is 9.18. The SMILES string of the molecule is CC(=O)N(C)c1ccc(NC(=O)/C=C/c2ccc(N3CCCC3=O)cc2)cc1. The lowest BCUT2D eigenvalue weighted by Gasteiger charge is -2.15. The van der Waals surface area contributed by atoms with E-state index in [9.17, 15) is 14.4 Å². The molecule has 1 N–H and O–H groups in total. The molecule has 6 heteroatoms. The van der Waals surface area contributed by atoms with Crippen molar-refractivity contribution in [1.29, 1.82) is 0 Å². The molecule has 3 rings (SSSR count). The van der Waals surface area contributed by atoms with Crippen LogP contribution in [0, 0.1) is 0 Å². The summed E-state index contributed by atoms with van der Waals surface area (Å²) in [5.74, 6) is -0.144. The Bertz CT molecular complexity index is 902. The van der Waals surface area contributed by atoms with Crippen LogP contribution < -0.4 is 15.1 Å². The Hall–Kier alpha value is -3.41. The predicted octanol–water partition coefficient (Wildman–Crippen LogP) is 3.45. The molecule has 2 aromatic carbocycles. The summed E-state index contributed by atoms with van der Waals surface area (Å²) in [4.78, 5) is 38.6. The normalized spacial score (nSPS) is 13.8. The van der Waals surface area contributed by atoms with Gasteiger partial charge in [-0.15, -0.1) is 0 Å². The van der Waals surface area contributed by atoms with Crippen LogP contribution in [0.25, 0.3) is 6.08 Å². The van der Waals surface area contributed by atoms with Crippen LogP contribution in [0.1, 0.15) is 25.3 Å². The molecule has 1 saturated heterocycles. The fraction of sp³-hybridized carbons (Fsp3) is 0.227.